The second-order valence-electron chi connectivity index (χ2n) is 15.3. The van der Waals surface area contributed by atoms with Crippen LogP contribution >= 0.6 is 0 Å². The molecule has 15 nitrogen and oxygen atoms in total. The van der Waals surface area contributed by atoms with Gasteiger partial charge in [0.1, 0.15) is 23.9 Å². The highest BCUT2D eigenvalue weighted by atomic mass is 16.6. The molecule has 54 heavy (non-hydrogen) atoms. The van der Waals surface area contributed by atoms with Gasteiger partial charge in [0.05, 0.1) is 29.1 Å². The van der Waals surface area contributed by atoms with E-state index in [2.05, 4.69) is 0 Å². The average Bonchev–Trinajstić information content (AvgIpc) is 3.55. The predicted molar refractivity (Wildman–Crippen MR) is 184 cm³/mol. The lowest BCUT2D eigenvalue weighted by Gasteiger charge is -2.58. The number of ether oxygens (including phenoxy) is 8. The van der Waals surface area contributed by atoms with Gasteiger partial charge in [0.2, 0.25) is 0 Å². The molecule has 1 aromatic rings. The number of fused-ring (bicyclic) bond motifs is 2. The number of hydrogen-bond donors (Lipinski definition) is 0. The lowest BCUT2D eigenvalue weighted by Crippen LogP contribution is -2.71. The Morgan fingerprint density at radius 2 is 1.30 bits per heavy atom. The van der Waals surface area contributed by atoms with Crippen LogP contribution in [0.3, 0.4) is 0 Å². The van der Waals surface area contributed by atoms with Crippen molar-refractivity contribution >= 4 is 41.8 Å². The Hall–Kier alpha value is -4.79. The minimum atomic E-state index is -1.83. The van der Waals surface area contributed by atoms with Crippen LogP contribution in [0.5, 0.6) is 0 Å². The normalized spacial score (nSPS) is 33.9. The van der Waals surface area contributed by atoms with E-state index in [1.165, 1.54) is 27.7 Å². The van der Waals surface area contributed by atoms with Crippen LogP contribution in [0.25, 0.3) is 0 Å². The third-order valence-electron chi connectivity index (χ3n) is 11.5. The molecule has 0 amide bonds. The summed E-state index contributed by atoms with van der Waals surface area (Å²) in [6.45, 7) is 13.3. The molecule has 0 N–H and O–H groups in total. The topological polar surface area (TPSA) is 193 Å². The molecule has 0 bridgehead atoms. The standard InChI is InChI=1S/C39H48O15/c1-19-27(48-20(2)40)17-38(36(8,9)54-35(46)26-14-12-11-13-15-26)30(19)31(51-23(5)43)33(52-24(6)44)37(10)28(49-21(3)41)16-29(50-22(4)42)39(53-25(7)45)18-47-34(38)32(37)39/h11-15,27-29,31-34H,16-18H2,1-10H3/t27-,28-,29-,31+,32-,33-,34-,37+,38-,39-/m0/s1. The van der Waals surface area contributed by atoms with Gasteiger partial charge in [-0.2, -0.15) is 0 Å². The van der Waals surface area contributed by atoms with Gasteiger partial charge in [0.25, 0.3) is 0 Å². The van der Waals surface area contributed by atoms with Crippen molar-refractivity contribution < 1.29 is 71.5 Å². The summed E-state index contributed by atoms with van der Waals surface area (Å²) in [7, 11) is 0. The Morgan fingerprint density at radius 3 is 1.83 bits per heavy atom. The molecule has 2 saturated carbocycles. The number of rotatable bonds is 9. The summed E-state index contributed by atoms with van der Waals surface area (Å²) in [5, 5.41) is 0. The number of benzene rings is 1. The molecular weight excluding hydrogens is 708 g/mol. The Balaban J connectivity index is 1.94. The third-order valence-corrected chi connectivity index (χ3v) is 11.5. The zero-order chi connectivity index (χ0) is 40.1. The lowest BCUT2D eigenvalue weighted by molar-refractivity contribution is -0.260. The second kappa shape index (κ2) is 14.5. The van der Waals surface area contributed by atoms with E-state index in [0.717, 1.165) is 13.8 Å². The first-order valence-corrected chi connectivity index (χ1v) is 17.8. The SMILES string of the molecule is CC(=O)O[C@H]1C[C@]2(C(C)(C)OC(=O)c3ccccc3)C(=C1C)[C@@H](OC(C)=O)[C@H](OC(C)=O)[C@]1(C)[C@@H](OC(C)=O)C[C@H](OC(C)=O)[C@@]3(OC(C)=O)CO[C@H]2[C@H]31. The maximum absolute atomic E-state index is 14.0. The van der Waals surface area contributed by atoms with E-state index in [0.29, 0.717) is 5.57 Å². The van der Waals surface area contributed by atoms with Crippen LogP contribution in [-0.4, -0.2) is 96.2 Å². The lowest BCUT2D eigenvalue weighted by atomic mass is 9.52. The molecule has 5 rings (SSSR count). The largest absolute Gasteiger partial charge is 0.462 e. The van der Waals surface area contributed by atoms with Gasteiger partial charge in [0.15, 0.2) is 17.8 Å². The monoisotopic (exact) mass is 756 g/mol. The van der Waals surface area contributed by atoms with E-state index in [-0.39, 0.29) is 30.6 Å². The fourth-order valence-electron chi connectivity index (χ4n) is 9.77. The van der Waals surface area contributed by atoms with Crippen LogP contribution in [0.4, 0.5) is 0 Å². The number of carbonyl (C=O) groups is 7. The molecule has 294 valence electrons. The van der Waals surface area contributed by atoms with Crippen LogP contribution in [0.1, 0.15) is 92.4 Å². The first-order chi connectivity index (χ1) is 25.1. The van der Waals surface area contributed by atoms with Gasteiger partial charge in [-0.05, 0) is 44.1 Å². The zero-order valence-electron chi connectivity index (χ0n) is 32.2. The van der Waals surface area contributed by atoms with Crippen molar-refractivity contribution in [1.82, 2.24) is 0 Å². The highest BCUT2D eigenvalue weighted by Crippen LogP contribution is 2.70. The van der Waals surface area contributed by atoms with E-state index in [1.54, 1.807) is 58.0 Å². The number of carbonyl (C=O) groups excluding carboxylic acids is 7. The molecule has 0 radical (unpaired) electrons. The molecule has 0 unspecified atom stereocenters. The summed E-state index contributed by atoms with van der Waals surface area (Å²) in [6.07, 6.45) is -8.12. The average molecular weight is 757 g/mol. The Bertz CT molecular complexity index is 1770. The summed E-state index contributed by atoms with van der Waals surface area (Å²) < 4.78 is 49.6. The summed E-state index contributed by atoms with van der Waals surface area (Å²) >= 11 is 0. The minimum Gasteiger partial charge on any atom is -0.462 e. The highest BCUT2D eigenvalue weighted by molar-refractivity contribution is 5.89. The van der Waals surface area contributed by atoms with E-state index < -0.39 is 106 Å². The fraction of sp³-hybridized carbons (Fsp3) is 0.615. The highest BCUT2D eigenvalue weighted by Gasteiger charge is 2.81. The zero-order valence-corrected chi connectivity index (χ0v) is 32.2. The van der Waals surface area contributed by atoms with Crippen molar-refractivity contribution in [2.75, 3.05) is 6.61 Å². The van der Waals surface area contributed by atoms with E-state index in [1.807, 2.05) is 0 Å². The fourth-order valence-corrected chi connectivity index (χ4v) is 9.77. The quantitative estimate of drug-likeness (QED) is 0.201. The van der Waals surface area contributed by atoms with Crippen molar-refractivity contribution in [2.24, 2.45) is 16.7 Å². The van der Waals surface area contributed by atoms with Gasteiger partial charge in [-0.3, -0.25) is 28.8 Å². The molecule has 15 heteroatoms. The predicted octanol–water partition coefficient (Wildman–Crippen LogP) is 3.73. The molecule has 3 aliphatic carbocycles. The van der Waals surface area contributed by atoms with Crippen molar-refractivity contribution in [3.8, 4) is 0 Å². The van der Waals surface area contributed by atoms with E-state index in [4.69, 9.17) is 37.9 Å². The second-order valence-corrected chi connectivity index (χ2v) is 15.3. The van der Waals surface area contributed by atoms with Crippen LogP contribution in [0.2, 0.25) is 0 Å². The molecule has 3 fully saturated rings. The van der Waals surface area contributed by atoms with Crippen LogP contribution in [0.15, 0.2) is 41.5 Å². The van der Waals surface area contributed by atoms with Crippen LogP contribution in [-0.2, 0) is 66.7 Å². The third kappa shape index (κ3) is 6.64. The van der Waals surface area contributed by atoms with Gasteiger partial charge < -0.3 is 37.9 Å². The number of hydrogen-bond acceptors (Lipinski definition) is 15. The summed E-state index contributed by atoms with van der Waals surface area (Å²) in [5.74, 6) is -6.40. The van der Waals surface area contributed by atoms with Crippen molar-refractivity contribution in [1.29, 1.82) is 0 Å². The first kappa shape index (κ1) is 40.4. The molecule has 1 saturated heterocycles. The Morgan fingerprint density at radius 1 is 0.741 bits per heavy atom. The van der Waals surface area contributed by atoms with Gasteiger partial charge >= 0.3 is 41.8 Å². The van der Waals surface area contributed by atoms with Crippen LogP contribution < -0.4 is 0 Å². The van der Waals surface area contributed by atoms with Gasteiger partial charge in [-0.25, -0.2) is 4.79 Å². The molecular formula is C39H48O15. The van der Waals surface area contributed by atoms with Crippen molar-refractivity contribution in [2.45, 2.75) is 130 Å². The van der Waals surface area contributed by atoms with E-state index >= 15 is 0 Å². The van der Waals surface area contributed by atoms with E-state index in [9.17, 15) is 33.6 Å². The molecule has 0 aromatic heterocycles. The summed E-state index contributed by atoms with van der Waals surface area (Å²) in [4.78, 5) is 91.8. The molecule has 4 aliphatic rings. The summed E-state index contributed by atoms with van der Waals surface area (Å²) in [5.41, 5.74) is -5.88. The van der Waals surface area contributed by atoms with Gasteiger partial charge in [0, 0.05) is 60.3 Å². The van der Waals surface area contributed by atoms with Crippen molar-refractivity contribution in [3.05, 3.63) is 47.0 Å². The summed E-state index contributed by atoms with van der Waals surface area (Å²) in [6, 6.07) is 8.22. The van der Waals surface area contributed by atoms with Crippen molar-refractivity contribution in [3.63, 3.8) is 0 Å². The molecule has 0 spiro atoms. The minimum absolute atomic E-state index is 0.114. The first-order valence-electron chi connectivity index (χ1n) is 17.8. The molecule has 1 aromatic carbocycles. The van der Waals surface area contributed by atoms with Gasteiger partial charge in [-0.1, -0.05) is 25.1 Å². The molecule has 1 heterocycles. The van der Waals surface area contributed by atoms with Gasteiger partial charge in [-0.15, -0.1) is 0 Å². The maximum atomic E-state index is 14.0. The Labute approximate surface area is 313 Å². The molecule has 1 aliphatic heterocycles. The smallest absolute Gasteiger partial charge is 0.338 e. The van der Waals surface area contributed by atoms with Crippen LogP contribution in [0, 0.1) is 16.7 Å². The number of esters is 7. The maximum Gasteiger partial charge on any atom is 0.338 e. The molecule has 10 atom stereocenters. The Kier molecular flexibility index (Phi) is 10.8.